The second kappa shape index (κ2) is 7.60. The molecule has 110 valence electrons. The van der Waals surface area contributed by atoms with E-state index in [-0.39, 0.29) is 0 Å². The number of nitrogens with zero attached hydrogens (tertiary/aromatic N) is 2. The standard InChI is InChI=1S/C16H25N3S/c1-4-9-17-15(16-7-6-11-20-16)12-14-8-10-19(18-14)13(3)5-2/h6-8,10-11,13,15,17H,4-5,9,12H2,1-3H3. The number of nitrogens with one attached hydrogen (secondary N) is 1. The van der Waals surface area contributed by atoms with E-state index in [2.05, 4.69) is 60.5 Å². The summed E-state index contributed by atoms with van der Waals surface area (Å²) in [4.78, 5) is 1.40. The molecule has 20 heavy (non-hydrogen) atoms. The summed E-state index contributed by atoms with van der Waals surface area (Å²) in [6.45, 7) is 7.66. The summed E-state index contributed by atoms with van der Waals surface area (Å²) >= 11 is 1.82. The highest BCUT2D eigenvalue weighted by Crippen LogP contribution is 2.23. The fourth-order valence-corrected chi connectivity index (χ4v) is 3.01. The van der Waals surface area contributed by atoms with Gasteiger partial charge in [-0.2, -0.15) is 5.10 Å². The molecule has 2 aromatic heterocycles. The van der Waals surface area contributed by atoms with Gasteiger partial charge < -0.3 is 5.32 Å². The Morgan fingerprint density at radius 1 is 1.35 bits per heavy atom. The minimum absolute atomic E-state index is 0.384. The molecule has 2 rings (SSSR count). The fraction of sp³-hybridized carbons (Fsp3) is 0.562. The van der Waals surface area contributed by atoms with Crippen LogP contribution in [0, 0.1) is 0 Å². The predicted molar refractivity (Wildman–Crippen MR) is 86.3 cm³/mol. The Hall–Kier alpha value is -1.13. The molecule has 1 N–H and O–H groups in total. The first-order valence-electron chi connectivity index (χ1n) is 7.55. The molecule has 0 fully saturated rings. The van der Waals surface area contributed by atoms with Crippen molar-refractivity contribution in [1.82, 2.24) is 15.1 Å². The Bertz CT molecular complexity index is 490. The van der Waals surface area contributed by atoms with Crippen molar-refractivity contribution in [2.24, 2.45) is 0 Å². The molecule has 0 saturated heterocycles. The monoisotopic (exact) mass is 291 g/mol. The van der Waals surface area contributed by atoms with E-state index in [1.165, 1.54) is 10.6 Å². The van der Waals surface area contributed by atoms with Gasteiger partial charge in [0.05, 0.1) is 5.69 Å². The van der Waals surface area contributed by atoms with Crippen LogP contribution in [0.2, 0.25) is 0 Å². The molecule has 0 saturated carbocycles. The summed E-state index contributed by atoms with van der Waals surface area (Å²) < 4.78 is 2.08. The normalized spacial score (nSPS) is 14.3. The minimum atomic E-state index is 0.384. The van der Waals surface area contributed by atoms with Crippen LogP contribution in [0.25, 0.3) is 0 Å². The minimum Gasteiger partial charge on any atom is -0.309 e. The third-order valence-electron chi connectivity index (χ3n) is 3.65. The average Bonchev–Trinajstić information content (AvgIpc) is 3.13. The molecule has 0 aliphatic rings. The van der Waals surface area contributed by atoms with E-state index < -0.39 is 0 Å². The van der Waals surface area contributed by atoms with Crippen LogP contribution in [-0.2, 0) is 6.42 Å². The van der Waals surface area contributed by atoms with Gasteiger partial charge in [-0.3, -0.25) is 4.68 Å². The van der Waals surface area contributed by atoms with E-state index in [0.29, 0.717) is 12.1 Å². The van der Waals surface area contributed by atoms with Gasteiger partial charge in [0.2, 0.25) is 0 Å². The summed E-state index contributed by atoms with van der Waals surface area (Å²) in [6, 6.07) is 7.35. The third kappa shape index (κ3) is 3.93. The van der Waals surface area contributed by atoms with E-state index in [0.717, 1.165) is 25.8 Å². The van der Waals surface area contributed by atoms with Crippen LogP contribution in [0.1, 0.15) is 56.3 Å². The van der Waals surface area contributed by atoms with Crippen molar-refractivity contribution in [1.29, 1.82) is 0 Å². The molecular formula is C16H25N3S. The van der Waals surface area contributed by atoms with Gasteiger partial charge in [-0.15, -0.1) is 11.3 Å². The lowest BCUT2D eigenvalue weighted by Crippen LogP contribution is -2.23. The zero-order valence-electron chi connectivity index (χ0n) is 12.7. The van der Waals surface area contributed by atoms with Crippen molar-refractivity contribution in [2.75, 3.05) is 6.54 Å². The first-order chi connectivity index (χ1) is 9.74. The summed E-state index contributed by atoms with van der Waals surface area (Å²) in [6.07, 6.45) is 5.34. The van der Waals surface area contributed by atoms with Crippen LogP contribution in [0.3, 0.4) is 0 Å². The SMILES string of the molecule is CCCNC(Cc1ccn(C(C)CC)n1)c1cccs1. The lowest BCUT2D eigenvalue weighted by Gasteiger charge is -2.16. The quantitative estimate of drug-likeness (QED) is 0.790. The molecule has 4 heteroatoms. The molecule has 0 spiro atoms. The van der Waals surface area contributed by atoms with Crippen molar-refractivity contribution in [3.8, 4) is 0 Å². The van der Waals surface area contributed by atoms with Gasteiger partial charge in [-0.1, -0.05) is 19.9 Å². The van der Waals surface area contributed by atoms with Crippen molar-refractivity contribution in [3.63, 3.8) is 0 Å². The Morgan fingerprint density at radius 2 is 2.20 bits per heavy atom. The van der Waals surface area contributed by atoms with Crippen LogP contribution >= 0.6 is 11.3 Å². The zero-order chi connectivity index (χ0) is 14.4. The molecule has 0 aliphatic heterocycles. The summed E-state index contributed by atoms with van der Waals surface area (Å²) in [5.74, 6) is 0. The Morgan fingerprint density at radius 3 is 2.85 bits per heavy atom. The largest absolute Gasteiger partial charge is 0.309 e. The number of hydrogen-bond donors (Lipinski definition) is 1. The van der Waals surface area contributed by atoms with Crippen LogP contribution in [0.5, 0.6) is 0 Å². The topological polar surface area (TPSA) is 29.9 Å². The van der Waals surface area contributed by atoms with E-state index >= 15 is 0 Å². The summed E-state index contributed by atoms with van der Waals surface area (Å²) in [5, 5.41) is 10.5. The lowest BCUT2D eigenvalue weighted by atomic mass is 10.1. The highest BCUT2D eigenvalue weighted by Gasteiger charge is 2.14. The number of rotatable bonds is 8. The molecular weight excluding hydrogens is 266 g/mol. The molecule has 2 aromatic rings. The van der Waals surface area contributed by atoms with Crippen LogP contribution in [0.4, 0.5) is 0 Å². The van der Waals surface area contributed by atoms with Gasteiger partial charge in [0.25, 0.3) is 0 Å². The van der Waals surface area contributed by atoms with Gasteiger partial charge in [-0.05, 0) is 43.8 Å². The third-order valence-corrected chi connectivity index (χ3v) is 4.63. The fourth-order valence-electron chi connectivity index (χ4n) is 2.21. The summed E-state index contributed by atoms with van der Waals surface area (Å²) in [5.41, 5.74) is 1.17. The molecule has 0 aliphatic carbocycles. The van der Waals surface area contributed by atoms with Crippen LogP contribution in [-0.4, -0.2) is 16.3 Å². The smallest absolute Gasteiger partial charge is 0.0644 e. The van der Waals surface area contributed by atoms with Crippen molar-refractivity contribution < 1.29 is 0 Å². The van der Waals surface area contributed by atoms with Crippen molar-refractivity contribution >= 4 is 11.3 Å². The van der Waals surface area contributed by atoms with Crippen molar-refractivity contribution in [3.05, 3.63) is 40.3 Å². The second-order valence-corrected chi connectivity index (χ2v) is 6.25. The molecule has 0 radical (unpaired) electrons. The maximum atomic E-state index is 4.72. The van der Waals surface area contributed by atoms with E-state index in [9.17, 15) is 0 Å². The van der Waals surface area contributed by atoms with Gasteiger partial charge in [0.1, 0.15) is 0 Å². The first kappa shape index (κ1) is 15.3. The van der Waals surface area contributed by atoms with Crippen molar-refractivity contribution in [2.45, 2.75) is 52.1 Å². The second-order valence-electron chi connectivity index (χ2n) is 5.27. The highest BCUT2D eigenvalue weighted by atomic mass is 32.1. The Labute approximate surface area is 126 Å². The average molecular weight is 291 g/mol. The van der Waals surface area contributed by atoms with Gasteiger partial charge in [0, 0.05) is 29.6 Å². The molecule has 2 unspecified atom stereocenters. The molecule has 0 aromatic carbocycles. The Kier molecular flexibility index (Phi) is 5.80. The van der Waals surface area contributed by atoms with Crippen LogP contribution in [0.15, 0.2) is 29.8 Å². The van der Waals surface area contributed by atoms with Gasteiger partial charge in [-0.25, -0.2) is 0 Å². The zero-order valence-corrected chi connectivity index (χ0v) is 13.5. The summed E-state index contributed by atoms with van der Waals surface area (Å²) in [7, 11) is 0. The maximum Gasteiger partial charge on any atom is 0.0644 e. The first-order valence-corrected chi connectivity index (χ1v) is 8.43. The molecule has 2 heterocycles. The molecule has 0 amide bonds. The molecule has 2 atom stereocenters. The van der Waals surface area contributed by atoms with E-state index in [4.69, 9.17) is 5.10 Å². The highest BCUT2D eigenvalue weighted by molar-refractivity contribution is 7.10. The molecule has 0 bridgehead atoms. The predicted octanol–water partition coefficient (Wildman–Crippen LogP) is 4.20. The van der Waals surface area contributed by atoms with Gasteiger partial charge >= 0.3 is 0 Å². The number of hydrogen-bond acceptors (Lipinski definition) is 3. The van der Waals surface area contributed by atoms with E-state index in [1.54, 1.807) is 0 Å². The number of thiophene rings is 1. The lowest BCUT2D eigenvalue weighted by molar-refractivity contribution is 0.466. The Balaban J connectivity index is 2.05. The van der Waals surface area contributed by atoms with Crippen LogP contribution < -0.4 is 5.32 Å². The maximum absolute atomic E-state index is 4.72. The van der Waals surface area contributed by atoms with E-state index in [1.807, 2.05) is 11.3 Å². The number of aromatic nitrogens is 2. The van der Waals surface area contributed by atoms with Gasteiger partial charge in [0.15, 0.2) is 0 Å². The molecule has 3 nitrogen and oxygen atoms in total.